The largest absolute Gasteiger partial charge is 0.496 e. The first-order valence-electron chi connectivity index (χ1n) is 3.96. The monoisotopic (exact) mass is 191 g/mol. The van der Waals surface area contributed by atoms with Crippen molar-refractivity contribution in [2.75, 3.05) is 12.8 Å². The molecule has 0 bridgehead atoms. The summed E-state index contributed by atoms with van der Waals surface area (Å²) < 4.78 is 10.0. The van der Waals surface area contributed by atoms with Crippen molar-refractivity contribution in [3.05, 3.63) is 12.1 Å². The number of hydrogen-bond acceptors (Lipinski definition) is 5. The molecule has 6 heteroatoms. The molecule has 0 unspecified atom stereocenters. The highest BCUT2D eigenvalue weighted by Gasteiger charge is 2.12. The molecular weight excluding hydrogens is 183 g/mol. The maximum absolute atomic E-state index is 8.85. The summed E-state index contributed by atoms with van der Waals surface area (Å²) in [5.41, 5.74) is 6.65. The van der Waals surface area contributed by atoms with Crippen molar-refractivity contribution < 1.29 is 14.3 Å². The van der Waals surface area contributed by atoms with E-state index in [0.717, 1.165) is 7.48 Å². The highest BCUT2D eigenvalue weighted by molar-refractivity contribution is 6.46. The smallest absolute Gasteiger partial charge is 0.327 e. The minimum absolute atomic E-state index is 0.279. The molecule has 0 amide bonds. The molecule has 0 spiro atoms. The third kappa shape index (κ3) is 1.20. The van der Waals surface area contributed by atoms with E-state index in [-0.39, 0.29) is 5.82 Å². The Hall–Kier alpha value is -1.69. The van der Waals surface area contributed by atoms with Crippen molar-refractivity contribution in [2.45, 2.75) is 0 Å². The Morgan fingerprint density at radius 2 is 2.36 bits per heavy atom. The Morgan fingerprint density at radius 1 is 1.57 bits per heavy atom. The fraction of sp³-hybridized carbons (Fsp3) is 0.125. The SMILES string of the molecule is COc1cc([B]O)cc2onc(N)c12. The van der Waals surface area contributed by atoms with Gasteiger partial charge < -0.3 is 20.0 Å². The van der Waals surface area contributed by atoms with Gasteiger partial charge in [0.05, 0.1) is 7.11 Å². The van der Waals surface area contributed by atoms with Gasteiger partial charge in [-0.25, -0.2) is 0 Å². The quantitative estimate of drug-likeness (QED) is 0.634. The number of rotatable bonds is 2. The van der Waals surface area contributed by atoms with E-state index in [1.54, 1.807) is 12.1 Å². The highest BCUT2D eigenvalue weighted by atomic mass is 16.5. The third-order valence-electron chi connectivity index (χ3n) is 1.96. The minimum atomic E-state index is 0.279. The molecule has 1 radical (unpaired) electrons. The van der Waals surface area contributed by atoms with Gasteiger partial charge in [0, 0.05) is 0 Å². The van der Waals surface area contributed by atoms with Crippen LogP contribution in [0.15, 0.2) is 16.7 Å². The molecule has 2 aromatic rings. The molecule has 2 rings (SSSR count). The molecular formula is C8H8BN2O3. The summed E-state index contributed by atoms with van der Waals surface area (Å²) in [5.74, 6) is 0.808. The number of anilines is 1. The zero-order chi connectivity index (χ0) is 10.1. The number of nitrogens with zero attached hydrogens (tertiary/aromatic N) is 1. The lowest BCUT2D eigenvalue weighted by Crippen LogP contribution is -2.13. The molecule has 1 aromatic heterocycles. The van der Waals surface area contributed by atoms with Crippen LogP contribution in [0.5, 0.6) is 5.75 Å². The van der Waals surface area contributed by atoms with Gasteiger partial charge in [-0.15, -0.1) is 0 Å². The van der Waals surface area contributed by atoms with Gasteiger partial charge >= 0.3 is 7.48 Å². The first kappa shape index (κ1) is 8.89. The van der Waals surface area contributed by atoms with E-state index in [2.05, 4.69) is 5.16 Å². The van der Waals surface area contributed by atoms with Gasteiger partial charge in [-0.05, 0) is 17.6 Å². The van der Waals surface area contributed by atoms with Crippen LogP contribution in [0.4, 0.5) is 5.82 Å². The molecule has 1 heterocycles. The van der Waals surface area contributed by atoms with Crippen LogP contribution < -0.4 is 15.9 Å². The maximum Gasteiger partial charge on any atom is 0.327 e. The minimum Gasteiger partial charge on any atom is -0.496 e. The lowest BCUT2D eigenvalue weighted by atomic mass is 9.88. The van der Waals surface area contributed by atoms with Gasteiger partial charge in [-0.3, -0.25) is 0 Å². The molecule has 1 aromatic carbocycles. The zero-order valence-electron chi connectivity index (χ0n) is 7.52. The standard InChI is InChI=1S/C8H8BN2O3/c1-13-5-2-4(9-12)3-6-7(5)8(10)11-14-6/h2-3,12H,1H3,(H2,10,11). The molecule has 0 aliphatic rings. The maximum atomic E-state index is 8.85. The van der Waals surface area contributed by atoms with Crippen LogP contribution in [-0.2, 0) is 0 Å². The Labute approximate surface area is 80.7 Å². The van der Waals surface area contributed by atoms with Crippen molar-refractivity contribution in [3.8, 4) is 5.75 Å². The van der Waals surface area contributed by atoms with Crippen LogP contribution in [0, 0.1) is 0 Å². The van der Waals surface area contributed by atoms with E-state index in [1.165, 1.54) is 7.11 Å². The second-order valence-electron chi connectivity index (χ2n) is 2.79. The zero-order valence-corrected chi connectivity index (χ0v) is 7.52. The molecule has 3 N–H and O–H groups in total. The second kappa shape index (κ2) is 3.23. The van der Waals surface area contributed by atoms with Gasteiger partial charge in [0.1, 0.15) is 11.1 Å². The van der Waals surface area contributed by atoms with Crippen molar-refractivity contribution in [2.24, 2.45) is 0 Å². The summed E-state index contributed by atoms with van der Waals surface area (Å²) in [7, 11) is 2.48. The van der Waals surface area contributed by atoms with Crippen molar-refractivity contribution in [1.29, 1.82) is 0 Å². The summed E-state index contributed by atoms with van der Waals surface area (Å²) in [6, 6.07) is 3.27. The summed E-state index contributed by atoms with van der Waals surface area (Å²) >= 11 is 0. The molecule has 0 fully saturated rings. The van der Waals surface area contributed by atoms with E-state index >= 15 is 0 Å². The lowest BCUT2D eigenvalue weighted by Gasteiger charge is -2.02. The fourth-order valence-corrected chi connectivity index (χ4v) is 1.31. The van der Waals surface area contributed by atoms with Gasteiger partial charge in [-0.2, -0.15) is 0 Å². The first-order chi connectivity index (χ1) is 6.76. The predicted octanol–water partition coefficient (Wildman–Crippen LogP) is -0.345. The van der Waals surface area contributed by atoms with Crippen LogP contribution in [0.25, 0.3) is 11.0 Å². The van der Waals surface area contributed by atoms with Gasteiger partial charge in [0.15, 0.2) is 11.4 Å². The summed E-state index contributed by atoms with van der Waals surface area (Å²) in [5, 5.41) is 13.1. The van der Waals surface area contributed by atoms with Gasteiger partial charge in [0.25, 0.3) is 0 Å². The fourth-order valence-electron chi connectivity index (χ4n) is 1.31. The van der Waals surface area contributed by atoms with Crippen LogP contribution >= 0.6 is 0 Å². The van der Waals surface area contributed by atoms with Gasteiger partial charge in [-0.1, -0.05) is 5.16 Å². The molecule has 0 saturated heterocycles. The molecule has 0 saturated carbocycles. The Balaban J connectivity index is 2.76. The normalized spacial score (nSPS) is 10.4. The third-order valence-corrected chi connectivity index (χ3v) is 1.96. The molecule has 71 valence electrons. The number of fused-ring (bicyclic) bond motifs is 1. The Kier molecular flexibility index (Phi) is 2.05. The second-order valence-corrected chi connectivity index (χ2v) is 2.79. The van der Waals surface area contributed by atoms with E-state index in [0.29, 0.717) is 22.2 Å². The molecule has 5 nitrogen and oxygen atoms in total. The van der Waals surface area contributed by atoms with Crippen LogP contribution in [-0.4, -0.2) is 24.8 Å². The average molecular weight is 191 g/mol. The van der Waals surface area contributed by atoms with Crippen LogP contribution in [0.2, 0.25) is 0 Å². The number of hydrogen-bond donors (Lipinski definition) is 2. The van der Waals surface area contributed by atoms with Gasteiger partial charge in [0.2, 0.25) is 0 Å². The van der Waals surface area contributed by atoms with Crippen molar-refractivity contribution in [3.63, 3.8) is 0 Å². The number of benzene rings is 1. The lowest BCUT2D eigenvalue weighted by molar-refractivity contribution is 0.419. The van der Waals surface area contributed by atoms with Crippen molar-refractivity contribution in [1.82, 2.24) is 5.16 Å². The number of ether oxygens (including phenoxy) is 1. The summed E-state index contributed by atoms with van der Waals surface area (Å²) in [4.78, 5) is 0. The molecule has 0 atom stereocenters. The molecule has 0 aliphatic heterocycles. The van der Waals surface area contributed by atoms with E-state index in [1.807, 2.05) is 0 Å². The van der Waals surface area contributed by atoms with E-state index in [9.17, 15) is 0 Å². The van der Waals surface area contributed by atoms with E-state index < -0.39 is 0 Å². The van der Waals surface area contributed by atoms with Crippen LogP contribution in [0.1, 0.15) is 0 Å². The Morgan fingerprint density at radius 3 is 3.00 bits per heavy atom. The van der Waals surface area contributed by atoms with Crippen molar-refractivity contribution >= 4 is 29.7 Å². The number of nitrogen functional groups attached to an aromatic ring is 1. The topological polar surface area (TPSA) is 81.5 Å². The predicted molar refractivity (Wildman–Crippen MR) is 52.6 cm³/mol. The highest BCUT2D eigenvalue weighted by Crippen LogP contribution is 2.28. The number of aromatic nitrogens is 1. The first-order valence-corrected chi connectivity index (χ1v) is 3.96. The summed E-state index contributed by atoms with van der Waals surface area (Å²) in [6.07, 6.45) is 0. The summed E-state index contributed by atoms with van der Waals surface area (Å²) in [6.45, 7) is 0. The van der Waals surface area contributed by atoms with Crippen LogP contribution in [0.3, 0.4) is 0 Å². The average Bonchev–Trinajstić information content (AvgIpc) is 2.59. The van der Waals surface area contributed by atoms with E-state index in [4.69, 9.17) is 20.0 Å². The Bertz CT molecular complexity index is 469. The number of nitrogens with two attached hydrogens (primary N) is 1. The molecule has 14 heavy (non-hydrogen) atoms. The molecule has 0 aliphatic carbocycles. The number of methoxy groups -OCH3 is 1.